The first-order valence-corrected chi connectivity index (χ1v) is 47.6. The number of unbranched alkanes of at least 4 members (excludes halogenated alkanes) is 2. The Balaban J connectivity index is 0.000000343. The quantitative estimate of drug-likeness (QED) is 0.0140. The van der Waals surface area contributed by atoms with E-state index in [9.17, 15) is 49.8 Å². The molecule has 0 saturated heterocycles. The van der Waals surface area contributed by atoms with Gasteiger partial charge in [0.2, 0.25) is 0 Å². The molecule has 0 bridgehead atoms. The Morgan fingerprint density at radius 1 is 0.370 bits per heavy atom. The Labute approximate surface area is 754 Å². The van der Waals surface area contributed by atoms with Gasteiger partial charge in [-0.25, -0.2) is 13.2 Å². The van der Waals surface area contributed by atoms with Crippen LogP contribution in [0.5, 0.6) is 0 Å². The summed E-state index contributed by atoms with van der Waals surface area (Å²) in [6.07, 6.45) is 63.3. The van der Waals surface area contributed by atoms with E-state index >= 15 is 0 Å². The van der Waals surface area contributed by atoms with E-state index in [2.05, 4.69) is 123 Å². The molecule has 5 unspecified atom stereocenters. The summed E-state index contributed by atoms with van der Waals surface area (Å²) in [5.74, 6) is -4.51. The number of carboxylic acids is 1. The highest BCUT2D eigenvalue weighted by Gasteiger charge is 2.31. The molecule has 0 fully saturated rings. The van der Waals surface area contributed by atoms with Crippen molar-refractivity contribution >= 4 is 114 Å². The molecule has 0 aliphatic heterocycles. The normalized spacial score (nSPS) is 15.5. The molecule has 3 aliphatic rings. The molecule has 6 aromatic rings. The summed E-state index contributed by atoms with van der Waals surface area (Å²) in [5, 5.41) is 26.9. The highest BCUT2D eigenvalue weighted by Crippen LogP contribution is 2.47. The Bertz CT molecular complexity index is 5310. The van der Waals surface area contributed by atoms with Gasteiger partial charge in [0.1, 0.15) is 43.4 Å². The molecule has 672 valence electrons. The minimum atomic E-state index is -1.19. The van der Waals surface area contributed by atoms with Crippen LogP contribution in [0.4, 0.5) is 13.2 Å². The average Bonchev–Trinajstić information content (AvgIpc) is 1.63. The van der Waals surface area contributed by atoms with Crippen molar-refractivity contribution in [2.75, 3.05) is 45.2 Å². The van der Waals surface area contributed by atoms with Crippen LogP contribution in [0.3, 0.4) is 0 Å². The largest absolute Gasteiger partial charge is 0.481 e. The number of benzene rings is 6. The van der Waals surface area contributed by atoms with Crippen molar-refractivity contribution in [2.45, 2.75) is 184 Å². The maximum absolute atomic E-state index is 14.8. The molecule has 15 nitrogen and oxygen atoms in total. The fraction of sp³-hybridized carbons (Fsp3) is 0.311. The van der Waals surface area contributed by atoms with E-state index in [1.807, 2.05) is 87.5 Å². The first-order valence-electron chi connectivity index (χ1n) is 42.9. The van der Waals surface area contributed by atoms with Crippen LogP contribution in [-0.4, -0.2) is 115 Å². The Morgan fingerprint density at radius 3 is 0.953 bits per heavy atom. The zero-order chi connectivity index (χ0) is 91.8. The minimum absolute atomic E-state index is 0.110. The van der Waals surface area contributed by atoms with Crippen LogP contribution in [-0.2, 0) is 75.3 Å². The average molecular weight is 1790 g/mol. The standard InChI is InChI=1S/C63H66F2O8S2.C23H36O4.C20H17FO3S/c1-6-7-8-9-10-11-12-13-14-15-16-17-18-19-20-21-22-23-61(66)71-42-50(73-63(68)41-58-45(3)56(54-35-29-49(65)39-60(54)58)37-47-26-32-52(33-27-47)75(5)70)43-72-62(67)40-57-44(2)55(53-34-28-48(64)38-59(53)57)36-46-24-30-51(31-25-46)74(4)69;1-2-3-4-5-6-7-8-9-10-11-12-13-14-15-16-17-18-19-23(26)27-21-22(25)20-24;1-12-17(9-13-3-6-15(7-4-13)25(2)24)16-8-5-14(21)10-19(16)18(12)11-20(22)23/h7-8,10-11,13-14,16-17,19-20,24-39,50H,6,9,12,15,18,21-23,40-43H2,1-5H3;3-4,6-7,9-10,12-13,15-16,22,24-25H,2,5,8,11,14,17-21H2,1H3;3-10H,11H2,1-2H3,(H,22,23)/b8-7-,11-10-,14-13-,17-16-,20-19-,55-36-,56-37-;4-3-,7-6-,10-9-,13-12-,16-15-;17-9-. The number of aliphatic hydroxyl groups is 2. The van der Waals surface area contributed by atoms with Gasteiger partial charge in [-0.15, -0.1) is 0 Å². The smallest absolute Gasteiger partial charge is 0.310 e. The summed E-state index contributed by atoms with van der Waals surface area (Å²) < 4.78 is 101. The lowest BCUT2D eigenvalue weighted by Crippen LogP contribution is -2.31. The number of rotatable bonds is 46. The van der Waals surface area contributed by atoms with Crippen molar-refractivity contribution in [1.82, 2.24) is 0 Å². The van der Waals surface area contributed by atoms with E-state index in [0.717, 1.165) is 149 Å². The van der Waals surface area contributed by atoms with Crippen LogP contribution >= 0.6 is 0 Å². The Hall–Kier alpha value is -11.3. The van der Waals surface area contributed by atoms with Crippen molar-refractivity contribution in [2.24, 2.45) is 0 Å². The number of ether oxygens (including phenoxy) is 4. The topological polar surface area (TPSA) is 234 Å². The summed E-state index contributed by atoms with van der Waals surface area (Å²) in [6.45, 7) is 8.45. The third kappa shape index (κ3) is 36.1. The number of carboxylic acid groups (broad SMARTS) is 1. The number of halogens is 3. The third-order valence-electron chi connectivity index (χ3n) is 20.5. The highest BCUT2D eigenvalue weighted by atomic mass is 32.2. The lowest BCUT2D eigenvalue weighted by molar-refractivity contribution is -0.165. The molecular formula is C106H119F3O15S3. The molecular weight excluding hydrogens is 1670 g/mol. The molecule has 0 radical (unpaired) electrons. The fourth-order valence-electron chi connectivity index (χ4n) is 13.8. The van der Waals surface area contributed by atoms with Crippen molar-refractivity contribution < 1.29 is 84.0 Å². The van der Waals surface area contributed by atoms with Gasteiger partial charge in [-0.3, -0.25) is 36.6 Å². The summed E-state index contributed by atoms with van der Waals surface area (Å²) >= 11 is 0. The van der Waals surface area contributed by atoms with Crippen LogP contribution in [0.2, 0.25) is 0 Å². The number of carbonyl (C=O) groups is 5. The van der Waals surface area contributed by atoms with E-state index < -0.39 is 93.3 Å². The van der Waals surface area contributed by atoms with Crippen molar-refractivity contribution in [3.8, 4) is 0 Å². The zero-order valence-corrected chi connectivity index (χ0v) is 76.4. The maximum Gasteiger partial charge on any atom is 0.310 e. The van der Waals surface area contributed by atoms with Crippen LogP contribution in [0.1, 0.15) is 207 Å². The predicted molar refractivity (Wildman–Crippen MR) is 511 cm³/mol. The first kappa shape index (κ1) is 103. The van der Waals surface area contributed by atoms with Gasteiger partial charge < -0.3 is 34.3 Å². The van der Waals surface area contributed by atoms with Crippen LogP contribution in [0.25, 0.3) is 51.7 Å². The van der Waals surface area contributed by atoms with Gasteiger partial charge in [-0.1, -0.05) is 190 Å². The lowest BCUT2D eigenvalue weighted by Gasteiger charge is -2.19. The molecule has 0 heterocycles. The molecule has 5 atom stereocenters. The van der Waals surface area contributed by atoms with E-state index in [1.54, 1.807) is 73.4 Å². The van der Waals surface area contributed by atoms with Gasteiger partial charge in [0, 0.05) is 78.7 Å². The summed E-state index contributed by atoms with van der Waals surface area (Å²) in [6, 6.07) is 35.2. The number of esters is 4. The lowest BCUT2D eigenvalue weighted by atomic mass is 10.0. The SMILES string of the molecule is CC/C=C\C/C=C\C/C=C\C/C=C\C/C=C\CCCC(=O)OCC(COC(=O)CC1=C(C)/C(=C/c2ccc(S(C)=O)cc2)c2ccc(F)cc21)OC(=O)CC1=C(C)/C(=C/c2ccc(S(C)=O)cc2)c2ccc(F)cc21.CC/C=C\C/C=C\C/C=C\C/C=C\C/C=C\CCCC(=O)OCC(O)CO.CC1=C(CC(=O)O)c2cc(F)ccc2/C1=C\c1ccc(S(C)=O)cc1. The first-order chi connectivity index (χ1) is 61.3. The number of aliphatic carboxylic acids is 1. The Kier molecular flexibility index (Phi) is 45.9. The molecule has 6 aromatic carbocycles. The predicted octanol–water partition coefficient (Wildman–Crippen LogP) is 23.7. The summed E-state index contributed by atoms with van der Waals surface area (Å²) in [5.41, 5.74) is 13.1. The minimum Gasteiger partial charge on any atom is -0.481 e. The van der Waals surface area contributed by atoms with Gasteiger partial charge in [0.05, 0.1) is 25.9 Å². The van der Waals surface area contributed by atoms with Crippen LogP contribution in [0, 0.1) is 17.5 Å². The molecule has 0 aromatic heterocycles. The zero-order valence-electron chi connectivity index (χ0n) is 73.9. The number of hydrogen-bond donors (Lipinski definition) is 3. The summed E-state index contributed by atoms with van der Waals surface area (Å²) in [7, 11) is -3.33. The van der Waals surface area contributed by atoms with Gasteiger partial charge in [-0.2, -0.15) is 0 Å². The third-order valence-corrected chi connectivity index (χ3v) is 23.3. The highest BCUT2D eigenvalue weighted by molar-refractivity contribution is 7.84. The molecule has 0 saturated carbocycles. The monoisotopic (exact) mass is 1780 g/mol. The second-order valence-corrected chi connectivity index (χ2v) is 34.4. The second-order valence-electron chi connectivity index (χ2n) is 30.2. The van der Waals surface area contributed by atoms with Gasteiger partial charge in [0.25, 0.3) is 0 Å². The molecule has 9 rings (SSSR count). The maximum atomic E-state index is 14.8. The molecule has 0 amide bonds. The molecule has 21 heteroatoms. The van der Waals surface area contributed by atoms with Gasteiger partial charge in [0.15, 0.2) is 6.10 Å². The molecule has 3 N–H and O–H groups in total. The number of fused-ring (bicyclic) bond motifs is 3. The Morgan fingerprint density at radius 2 is 0.654 bits per heavy atom. The van der Waals surface area contributed by atoms with E-state index in [4.69, 9.17) is 34.3 Å². The number of aliphatic hydroxyl groups excluding tert-OH is 2. The fourth-order valence-corrected chi connectivity index (χ4v) is 15.3. The van der Waals surface area contributed by atoms with Gasteiger partial charge >= 0.3 is 29.8 Å². The van der Waals surface area contributed by atoms with E-state index in [-0.39, 0.29) is 50.7 Å². The van der Waals surface area contributed by atoms with Crippen molar-refractivity contribution in [3.63, 3.8) is 0 Å². The van der Waals surface area contributed by atoms with Crippen LogP contribution in [0.15, 0.2) is 280 Å². The van der Waals surface area contributed by atoms with E-state index in [1.165, 1.54) is 36.4 Å². The number of hydrogen-bond acceptors (Lipinski definition) is 14. The number of allylic oxidation sites excluding steroid dienone is 26. The summed E-state index contributed by atoms with van der Waals surface area (Å²) in [4.78, 5) is 65.3. The van der Waals surface area contributed by atoms with Crippen LogP contribution < -0.4 is 0 Å². The molecule has 3 aliphatic carbocycles. The van der Waals surface area contributed by atoms with Crippen molar-refractivity contribution in [1.29, 1.82) is 0 Å². The van der Waals surface area contributed by atoms with Crippen molar-refractivity contribution in [3.05, 3.63) is 333 Å². The van der Waals surface area contributed by atoms with Gasteiger partial charge in [-0.05, 0) is 302 Å². The molecule has 0 spiro atoms. The molecule has 127 heavy (non-hydrogen) atoms. The second kappa shape index (κ2) is 56.7. The van der Waals surface area contributed by atoms with E-state index in [0.29, 0.717) is 62.5 Å². The number of carbonyl (C=O) groups excluding carboxylic acids is 4.